The van der Waals surface area contributed by atoms with E-state index in [0.29, 0.717) is 5.92 Å². The van der Waals surface area contributed by atoms with Gasteiger partial charge in [0.05, 0.1) is 5.69 Å². The SMILES string of the molecule is CSc1ccccc1N=C(N)C1CC1. The van der Waals surface area contributed by atoms with Crippen molar-refractivity contribution in [2.45, 2.75) is 17.7 Å². The Hall–Kier alpha value is -0.960. The van der Waals surface area contributed by atoms with E-state index in [0.717, 1.165) is 11.5 Å². The largest absolute Gasteiger partial charge is 0.387 e. The predicted molar refractivity (Wildman–Crippen MR) is 62.2 cm³/mol. The van der Waals surface area contributed by atoms with Crippen LogP contribution >= 0.6 is 11.8 Å². The molecule has 0 bridgehead atoms. The third-order valence-electron chi connectivity index (χ3n) is 2.33. The molecule has 0 aliphatic heterocycles. The van der Waals surface area contributed by atoms with Gasteiger partial charge in [-0.3, -0.25) is 0 Å². The molecular weight excluding hydrogens is 192 g/mol. The molecule has 2 nitrogen and oxygen atoms in total. The summed E-state index contributed by atoms with van der Waals surface area (Å²) in [7, 11) is 0. The van der Waals surface area contributed by atoms with E-state index in [4.69, 9.17) is 5.73 Å². The zero-order valence-electron chi connectivity index (χ0n) is 8.23. The molecule has 3 heteroatoms. The lowest BCUT2D eigenvalue weighted by molar-refractivity contribution is 1.15. The van der Waals surface area contributed by atoms with E-state index in [1.165, 1.54) is 17.7 Å². The molecule has 1 aromatic carbocycles. The summed E-state index contributed by atoms with van der Waals surface area (Å²) < 4.78 is 0. The first-order chi connectivity index (χ1) is 6.81. The molecule has 2 N–H and O–H groups in total. The van der Waals surface area contributed by atoms with Gasteiger partial charge in [0, 0.05) is 10.8 Å². The second-order valence-corrected chi connectivity index (χ2v) is 4.33. The molecule has 0 radical (unpaired) electrons. The Morgan fingerprint density at radius 3 is 2.79 bits per heavy atom. The molecule has 0 unspecified atom stereocenters. The summed E-state index contributed by atoms with van der Waals surface area (Å²) in [5.74, 6) is 1.34. The van der Waals surface area contributed by atoms with E-state index in [1.54, 1.807) is 11.8 Å². The molecule has 0 amide bonds. The summed E-state index contributed by atoms with van der Waals surface area (Å²) in [6, 6.07) is 8.11. The van der Waals surface area contributed by atoms with E-state index in [2.05, 4.69) is 17.3 Å². The van der Waals surface area contributed by atoms with Crippen LogP contribution in [0.4, 0.5) is 5.69 Å². The number of hydrogen-bond donors (Lipinski definition) is 1. The molecule has 0 spiro atoms. The van der Waals surface area contributed by atoms with Crippen molar-refractivity contribution in [3.8, 4) is 0 Å². The molecular formula is C11H14N2S. The summed E-state index contributed by atoms with van der Waals surface area (Å²) in [4.78, 5) is 5.66. The van der Waals surface area contributed by atoms with E-state index in [1.807, 2.05) is 18.2 Å². The fraction of sp³-hybridized carbons (Fsp3) is 0.364. The first-order valence-corrected chi connectivity index (χ1v) is 6.01. The van der Waals surface area contributed by atoms with E-state index in [9.17, 15) is 0 Å². The van der Waals surface area contributed by atoms with Crippen LogP contribution in [0.25, 0.3) is 0 Å². The number of nitrogens with two attached hydrogens (primary N) is 1. The average Bonchev–Trinajstić information content (AvgIpc) is 3.02. The lowest BCUT2D eigenvalue weighted by Gasteiger charge is -2.02. The highest BCUT2D eigenvalue weighted by molar-refractivity contribution is 7.98. The lowest BCUT2D eigenvalue weighted by Crippen LogP contribution is -2.13. The van der Waals surface area contributed by atoms with Gasteiger partial charge in [-0.15, -0.1) is 11.8 Å². The third-order valence-corrected chi connectivity index (χ3v) is 3.12. The van der Waals surface area contributed by atoms with Gasteiger partial charge in [-0.05, 0) is 31.2 Å². The molecule has 1 aromatic rings. The fourth-order valence-electron chi connectivity index (χ4n) is 1.33. The van der Waals surface area contributed by atoms with Gasteiger partial charge in [-0.2, -0.15) is 0 Å². The Morgan fingerprint density at radius 1 is 1.43 bits per heavy atom. The van der Waals surface area contributed by atoms with Gasteiger partial charge in [0.25, 0.3) is 0 Å². The van der Waals surface area contributed by atoms with E-state index >= 15 is 0 Å². The number of aliphatic imine (C=N–C) groups is 1. The maximum absolute atomic E-state index is 5.88. The fourth-order valence-corrected chi connectivity index (χ4v) is 1.87. The normalized spacial score (nSPS) is 17.1. The maximum Gasteiger partial charge on any atom is 0.103 e. The van der Waals surface area contributed by atoms with Crippen molar-refractivity contribution in [3.05, 3.63) is 24.3 Å². The lowest BCUT2D eigenvalue weighted by atomic mass is 10.3. The van der Waals surface area contributed by atoms with E-state index < -0.39 is 0 Å². The van der Waals surface area contributed by atoms with Crippen molar-refractivity contribution in [1.29, 1.82) is 0 Å². The smallest absolute Gasteiger partial charge is 0.103 e. The van der Waals surface area contributed by atoms with Crippen LogP contribution in [-0.4, -0.2) is 12.1 Å². The van der Waals surface area contributed by atoms with Gasteiger partial charge in [-0.1, -0.05) is 12.1 Å². The Balaban J connectivity index is 2.26. The van der Waals surface area contributed by atoms with Crippen molar-refractivity contribution >= 4 is 23.3 Å². The highest BCUT2D eigenvalue weighted by Crippen LogP contribution is 2.32. The number of nitrogens with zero attached hydrogens (tertiary/aromatic N) is 1. The molecule has 0 saturated heterocycles. The van der Waals surface area contributed by atoms with Crippen molar-refractivity contribution in [2.75, 3.05) is 6.26 Å². The number of thioether (sulfide) groups is 1. The zero-order chi connectivity index (χ0) is 9.97. The van der Waals surface area contributed by atoms with Gasteiger partial charge in [0.15, 0.2) is 0 Å². The minimum Gasteiger partial charge on any atom is -0.387 e. The standard InChI is InChI=1S/C11H14N2S/c1-14-10-5-3-2-4-9(10)13-11(12)8-6-7-8/h2-5,8H,6-7H2,1H3,(H2,12,13). The Labute approximate surface area is 88.6 Å². The van der Waals surface area contributed by atoms with Crippen LogP contribution in [0.2, 0.25) is 0 Å². The van der Waals surface area contributed by atoms with Crippen molar-refractivity contribution in [1.82, 2.24) is 0 Å². The third kappa shape index (κ3) is 2.10. The molecule has 2 rings (SSSR count). The van der Waals surface area contributed by atoms with Gasteiger partial charge in [0.1, 0.15) is 5.84 Å². The minimum absolute atomic E-state index is 0.546. The summed E-state index contributed by atoms with van der Waals surface area (Å²) >= 11 is 1.71. The Morgan fingerprint density at radius 2 is 2.14 bits per heavy atom. The molecule has 1 aliphatic carbocycles. The summed E-state index contributed by atoms with van der Waals surface area (Å²) in [6.45, 7) is 0. The average molecular weight is 206 g/mol. The first-order valence-electron chi connectivity index (χ1n) is 4.78. The van der Waals surface area contributed by atoms with Crippen LogP contribution in [0.15, 0.2) is 34.2 Å². The summed E-state index contributed by atoms with van der Waals surface area (Å²) in [5.41, 5.74) is 6.88. The molecule has 1 fully saturated rings. The van der Waals surface area contributed by atoms with Crippen LogP contribution in [0, 0.1) is 5.92 Å². The minimum atomic E-state index is 0.546. The summed E-state index contributed by atoms with van der Waals surface area (Å²) in [6.07, 6.45) is 4.47. The highest BCUT2D eigenvalue weighted by Gasteiger charge is 2.25. The molecule has 74 valence electrons. The second kappa shape index (κ2) is 4.05. The van der Waals surface area contributed by atoms with Crippen molar-refractivity contribution < 1.29 is 0 Å². The Bertz CT molecular complexity index is 356. The topological polar surface area (TPSA) is 38.4 Å². The van der Waals surface area contributed by atoms with Gasteiger partial charge in [-0.25, -0.2) is 4.99 Å². The number of amidine groups is 1. The van der Waals surface area contributed by atoms with Gasteiger partial charge in [0.2, 0.25) is 0 Å². The molecule has 1 aliphatic rings. The molecule has 14 heavy (non-hydrogen) atoms. The number of para-hydroxylation sites is 1. The van der Waals surface area contributed by atoms with Crippen LogP contribution in [-0.2, 0) is 0 Å². The highest BCUT2D eigenvalue weighted by atomic mass is 32.2. The zero-order valence-corrected chi connectivity index (χ0v) is 9.05. The number of hydrogen-bond acceptors (Lipinski definition) is 2. The number of rotatable bonds is 3. The molecule has 0 heterocycles. The molecule has 0 atom stereocenters. The van der Waals surface area contributed by atoms with Gasteiger partial charge >= 0.3 is 0 Å². The maximum atomic E-state index is 5.88. The Kier molecular flexibility index (Phi) is 2.77. The molecule has 1 saturated carbocycles. The monoisotopic (exact) mass is 206 g/mol. The van der Waals surface area contributed by atoms with Gasteiger partial charge < -0.3 is 5.73 Å². The van der Waals surface area contributed by atoms with Crippen LogP contribution < -0.4 is 5.73 Å². The van der Waals surface area contributed by atoms with Crippen LogP contribution in [0.1, 0.15) is 12.8 Å². The second-order valence-electron chi connectivity index (χ2n) is 3.48. The number of benzene rings is 1. The van der Waals surface area contributed by atoms with Crippen molar-refractivity contribution in [3.63, 3.8) is 0 Å². The van der Waals surface area contributed by atoms with Crippen LogP contribution in [0.5, 0.6) is 0 Å². The van der Waals surface area contributed by atoms with E-state index in [-0.39, 0.29) is 0 Å². The molecule has 0 aromatic heterocycles. The van der Waals surface area contributed by atoms with Crippen LogP contribution in [0.3, 0.4) is 0 Å². The predicted octanol–water partition coefficient (Wildman–Crippen LogP) is 2.81. The summed E-state index contributed by atoms with van der Waals surface area (Å²) in [5, 5.41) is 0. The first kappa shape index (κ1) is 9.59. The quantitative estimate of drug-likeness (QED) is 0.469. The van der Waals surface area contributed by atoms with Crippen molar-refractivity contribution in [2.24, 2.45) is 16.6 Å².